The Morgan fingerprint density at radius 3 is 2.58 bits per heavy atom. The van der Waals surface area contributed by atoms with E-state index < -0.39 is 5.97 Å². The average molecular weight is 355 g/mol. The van der Waals surface area contributed by atoms with E-state index in [9.17, 15) is 20.3 Å². The molecule has 4 nitrogen and oxygen atoms in total. The molecule has 140 valence electrons. The van der Waals surface area contributed by atoms with Gasteiger partial charge < -0.3 is 10.2 Å². The maximum atomic E-state index is 11.6. The summed E-state index contributed by atoms with van der Waals surface area (Å²) in [5.74, 6) is 0.609. The van der Waals surface area contributed by atoms with Crippen molar-refractivity contribution in [3.8, 4) is 6.07 Å². The number of nitriles is 1. The molecule has 4 aliphatic carbocycles. The van der Waals surface area contributed by atoms with Crippen LogP contribution in [0.4, 0.5) is 0 Å². The molecule has 0 amide bonds. The van der Waals surface area contributed by atoms with Gasteiger partial charge in [0.2, 0.25) is 0 Å². The molecule has 0 radical (unpaired) electrons. The Morgan fingerprint density at radius 2 is 1.88 bits per heavy atom. The van der Waals surface area contributed by atoms with Crippen molar-refractivity contribution < 1.29 is 15.0 Å². The van der Waals surface area contributed by atoms with E-state index in [1.807, 2.05) is 6.07 Å². The van der Waals surface area contributed by atoms with Crippen LogP contribution in [-0.4, -0.2) is 22.3 Å². The summed E-state index contributed by atoms with van der Waals surface area (Å²) in [6.07, 6.45) is 9.87. The van der Waals surface area contributed by atoms with E-state index in [-0.39, 0.29) is 22.5 Å². The van der Waals surface area contributed by atoms with Crippen LogP contribution in [0.3, 0.4) is 0 Å². The average Bonchev–Trinajstić information content (AvgIpc) is 2.93. The van der Waals surface area contributed by atoms with Crippen LogP contribution in [0.5, 0.6) is 0 Å². The molecular weight excluding hydrogens is 326 g/mol. The van der Waals surface area contributed by atoms with E-state index in [0.717, 1.165) is 56.9 Å². The minimum Gasteiger partial charge on any atom is -0.477 e. The van der Waals surface area contributed by atoms with Crippen molar-refractivity contribution in [1.82, 2.24) is 0 Å². The third kappa shape index (κ3) is 2.33. The van der Waals surface area contributed by atoms with Gasteiger partial charge in [-0.15, -0.1) is 0 Å². The van der Waals surface area contributed by atoms with Gasteiger partial charge in [-0.3, -0.25) is 0 Å². The van der Waals surface area contributed by atoms with Crippen LogP contribution in [0.15, 0.2) is 22.8 Å². The quantitative estimate of drug-likeness (QED) is 0.419. The fraction of sp³-hybridized carbons (Fsp3) is 0.727. The zero-order valence-electron chi connectivity index (χ0n) is 15.8. The van der Waals surface area contributed by atoms with Crippen molar-refractivity contribution in [2.75, 3.05) is 0 Å². The summed E-state index contributed by atoms with van der Waals surface area (Å²) in [6, 6.07) is 1.97. The normalized spacial score (nSPS) is 46.3. The van der Waals surface area contributed by atoms with Gasteiger partial charge in [-0.1, -0.05) is 25.5 Å². The summed E-state index contributed by atoms with van der Waals surface area (Å²) in [5.41, 5.74) is 2.40. The summed E-state index contributed by atoms with van der Waals surface area (Å²) >= 11 is 0. The number of aliphatic carboxylic acids is 1. The molecule has 0 aromatic carbocycles. The summed E-state index contributed by atoms with van der Waals surface area (Å²) < 4.78 is 0. The van der Waals surface area contributed by atoms with Crippen LogP contribution in [0.2, 0.25) is 0 Å². The Bertz CT molecular complexity index is 745. The van der Waals surface area contributed by atoms with Crippen LogP contribution in [-0.2, 0) is 4.79 Å². The maximum absolute atomic E-state index is 11.6. The number of fused-ring (bicyclic) bond motifs is 5. The fourth-order valence-electron chi connectivity index (χ4n) is 7.11. The number of aliphatic hydroxyl groups is 1. The van der Waals surface area contributed by atoms with E-state index in [1.165, 1.54) is 5.57 Å². The van der Waals surface area contributed by atoms with Gasteiger partial charge in [-0.05, 0) is 85.5 Å². The van der Waals surface area contributed by atoms with E-state index in [0.29, 0.717) is 17.8 Å². The fourth-order valence-corrected chi connectivity index (χ4v) is 7.11. The van der Waals surface area contributed by atoms with Gasteiger partial charge in [0.15, 0.2) is 0 Å². The van der Waals surface area contributed by atoms with Crippen LogP contribution in [0, 0.1) is 39.9 Å². The highest BCUT2D eigenvalue weighted by molar-refractivity contribution is 5.92. The minimum absolute atomic E-state index is 0.00695. The molecule has 0 heterocycles. The number of carboxylic acids is 1. The second kappa shape index (κ2) is 5.96. The lowest BCUT2D eigenvalue weighted by Gasteiger charge is -2.57. The molecule has 4 heteroatoms. The molecule has 3 fully saturated rings. The first-order valence-electron chi connectivity index (χ1n) is 10.1. The Labute approximate surface area is 155 Å². The highest BCUT2D eigenvalue weighted by Crippen LogP contribution is 2.66. The molecule has 6 atom stereocenters. The first-order valence-corrected chi connectivity index (χ1v) is 10.1. The summed E-state index contributed by atoms with van der Waals surface area (Å²) in [7, 11) is 0. The van der Waals surface area contributed by atoms with Crippen LogP contribution >= 0.6 is 0 Å². The van der Waals surface area contributed by atoms with E-state index >= 15 is 0 Å². The number of aliphatic hydroxyl groups excluding tert-OH is 1. The molecule has 3 saturated carbocycles. The summed E-state index contributed by atoms with van der Waals surface area (Å²) in [6.45, 7) is 4.61. The van der Waals surface area contributed by atoms with Gasteiger partial charge in [0.25, 0.3) is 0 Å². The molecule has 2 N–H and O–H groups in total. The lowest BCUT2D eigenvalue weighted by molar-refractivity contribution is -0.132. The number of hydrogen-bond donors (Lipinski definition) is 2. The minimum atomic E-state index is -1.06. The number of nitrogens with zero attached hydrogens (tertiary/aromatic N) is 1. The van der Waals surface area contributed by atoms with E-state index in [1.54, 1.807) is 0 Å². The molecule has 0 unspecified atom stereocenters. The standard InChI is InChI=1S/C22H29NO3/c1-21-9-7-14(24)11-13(21)3-4-15-17-5-6-18(16(12-23)20(25)26)22(17,2)10-8-19(15)21/h3,14-15,17,19,24H,4-11H2,1-2H3,(H,25,26)/t14-,15-,17-,19-,21-,22-/m0/s1. The number of carboxylic acid groups (broad SMARTS) is 1. The second-order valence-corrected chi connectivity index (χ2v) is 9.42. The monoisotopic (exact) mass is 355 g/mol. The van der Waals surface area contributed by atoms with Gasteiger partial charge in [0.05, 0.1) is 6.10 Å². The van der Waals surface area contributed by atoms with Gasteiger partial charge >= 0.3 is 5.97 Å². The summed E-state index contributed by atoms with van der Waals surface area (Å²) in [5, 5.41) is 29.0. The molecule has 0 spiro atoms. The topological polar surface area (TPSA) is 81.3 Å². The molecule has 0 aromatic heterocycles. The number of allylic oxidation sites excluding steroid dienone is 2. The predicted octanol–water partition coefficient (Wildman–Crippen LogP) is 4.21. The van der Waals surface area contributed by atoms with Crippen molar-refractivity contribution in [1.29, 1.82) is 5.26 Å². The first kappa shape index (κ1) is 17.8. The van der Waals surface area contributed by atoms with Crippen molar-refractivity contribution in [2.24, 2.45) is 28.6 Å². The molecular formula is C22H29NO3. The lowest BCUT2D eigenvalue weighted by Crippen LogP contribution is -2.49. The number of carbonyl (C=O) groups is 1. The number of hydrogen-bond acceptors (Lipinski definition) is 3. The summed E-state index contributed by atoms with van der Waals surface area (Å²) in [4.78, 5) is 11.6. The van der Waals surface area contributed by atoms with Crippen molar-refractivity contribution in [3.05, 3.63) is 22.8 Å². The smallest absolute Gasteiger partial charge is 0.346 e. The van der Waals surface area contributed by atoms with Gasteiger partial charge in [0, 0.05) is 0 Å². The Morgan fingerprint density at radius 1 is 1.19 bits per heavy atom. The SMILES string of the molecule is C[C@]12CC[C@H](O)CC1=CC[C@@H]1[C@@H]2CC[C@]2(C)C(=C(C#N)C(=O)O)CC[C@@H]12. The van der Waals surface area contributed by atoms with Crippen molar-refractivity contribution in [3.63, 3.8) is 0 Å². The third-order valence-electron chi connectivity index (χ3n) is 8.49. The lowest BCUT2D eigenvalue weighted by atomic mass is 9.47. The maximum Gasteiger partial charge on any atom is 0.346 e. The highest BCUT2D eigenvalue weighted by Gasteiger charge is 2.57. The molecule has 0 aliphatic heterocycles. The van der Waals surface area contributed by atoms with Crippen molar-refractivity contribution >= 4 is 5.97 Å². The third-order valence-corrected chi connectivity index (χ3v) is 8.49. The molecule has 4 rings (SSSR count). The predicted molar refractivity (Wildman–Crippen MR) is 98.0 cm³/mol. The van der Waals surface area contributed by atoms with Gasteiger partial charge in [-0.2, -0.15) is 5.26 Å². The molecule has 0 bridgehead atoms. The van der Waals surface area contributed by atoms with Crippen LogP contribution < -0.4 is 0 Å². The molecule has 26 heavy (non-hydrogen) atoms. The molecule has 0 saturated heterocycles. The molecule has 4 aliphatic rings. The van der Waals surface area contributed by atoms with Crippen molar-refractivity contribution in [2.45, 2.75) is 71.3 Å². The Kier molecular flexibility index (Phi) is 4.08. The van der Waals surface area contributed by atoms with E-state index in [2.05, 4.69) is 19.9 Å². The van der Waals surface area contributed by atoms with Gasteiger partial charge in [0.1, 0.15) is 11.6 Å². The van der Waals surface area contributed by atoms with E-state index in [4.69, 9.17) is 0 Å². The van der Waals surface area contributed by atoms with Gasteiger partial charge in [-0.25, -0.2) is 4.79 Å². The molecule has 0 aromatic rings. The Hall–Kier alpha value is -1.60. The largest absolute Gasteiger partial charge is 0.477 e. The Balaban J connectivity index is 1.71. The zero-order valence-corrected chi connectivity index (χ0v) is 15.8. The van der Waals surface area contributed by atoms with Crippen LogP contribution in [0.25, 0.3) is 0 Å². The number of rotatable bonds is 1. The zero-order chi connectivity index (χ0) is 18.7. The first-order chi connectivity index (χ1) is 12.3. The highest BCUT2D eigenvalue weighted by atomic mass is 16.4. The van der Waals surface area contributed by atoms with Crippen LogP contribution in [0.1, 0.15) is 65.2 Å². The second-order valence-electron chi connectivity index (χ2n) is 9.42.